The number of rotatable bonds is 3. The molecule has 0 saturated carbocycles. The summed E-state index contributed by atoms with van der Waals surface area (Å²) in [5.74, 6) is -0.197. The summed E-state index contributed by atoms with van der Waals surface area (Å²) in [6.45, 7) is 5.35. The van der Waals surface area contributed by atoms with Crippen LogP contribution in [0.3, 0.4) is 0 Å². The smallest absolute Gasteiger partial charge is 0.126 e. The Morgan fingerprint density at radius 1 is 1.62 bits per heavy atom. The molecule has 1 aromatic rings. The zero-order chi connectivity index (χ0) is 9.84. The van der Waals surface area contributed by atoms with Crippen molar-refractivity contribution in [2.75, 3.05) is 0 Å². The SMILES string of the molecule is C=CC[C@@H](N)c1cccc(F)c1C. The fraction of sp³-hybridized carbons (Fsp3) is 0.273. The van der Waals surface area contributed by atoms with Crippen LogP contribution in [0.25, 0.3) is 0 Å². The van der Waals surface area contributed by atoms with Crippen molar-refractivity contribution >= 4 is 0 Å². The highest BCUT2D eigenvalue weighted by molar-refractivity contribution is 5.30. The normalized spacial score (nSPS) is 12.5. The lowest BCUT2D eigenvalue weighted by atomic mass is 9.99. The lowest BCUT2D eigenvalue weighted by molar-refractivity contribution is 0.608. The molecule has 0 unspecified atom stereocenters. The third kappa shape index (κ3) is 2.16. The molecule has 0 bridgehead atoms. The van der Waals surface area contributed by atoms with Gasteiger partial charge in [-0.3, -0.25) is 0 Å². The fourth-order valence-corrected chi connectivity index (χ4v) is 1.33. The molecule has 0 heterocycles. The molecule has 0 spiro atoms. The van der Waals surface area contributed by atoms with Crippen LogP contribution < -0.4 is 5.73 Å². The Labute approximate surface area is 78.1 Å². The second-order valence-corrected chi connectivity index (χ2v) is 3.08. The second kappa shape index (κ2) is 4.19. The summed E-state index contributed by atoms with van der Waals surface area (Å²) in [7, 11) is 0. The van der Waals surface area contributed by atoms with Crippen molar-refractivity contribution in [2.24, 2.45) is 5.73 Å². The number of halogens is 1. The van der Waals surface area contributed by atoms with Crippen LogP contribution in [-0.2, 0) is 0 Å². The summed E-state index contributed by atoms with van der Waals surface area (Å²) in [4.78, 5) is 0. The zero-order valence-electron chi connectivity index (χ0n) is 7.76. The first kappa shape index (κ1) is 9.93. The third-order valence-electron chi connectivity index (χ3n) is 2.13. The molecule has 0 aliphatic carbocycles. The van der Waals surface area contributed by atoms with E-state index in [2.05, 4.69) is 6.58 Å². The predicted molar refractivity (Wildman–Crippen MR) is 52.9 cm³/mol. The highest BCUT2D eigenvalue weighted by Gasteiger charge is 2.09. The molecule has 0 aliphatic heterocycles. The Kier molecular flexibility index (Phi) is 3.20. The summed E-state index contributed by atoms with van der Waals surface area (Å²) in [6, 6.07) is 4.83. The highest BCUT2D eigenvalue weighted by Crippen LogP contribution is 2.20. The summed E-state index contributed by atoms with van der Waals surface area (Å²) < 4.78 is 13.1. The van der Waals surface area contributed by atoms with Gasteiger partial charge in [-0.2, -0.15) is 0 Å². The molecule has 0 amide bonds. The van der Waals surface area contributed by atoms with Crippen LogP contribution in [0.2, 0.25) is 0 Å². The van der Waals surface area contributed by atoms with Gasteiger partial charge in [0, 0.05) is 6.04 Å². The van der Waals surface area contributed by atoms with Crippen molar-refractivity contribution in [1.82, 2.24) is 0 Å². The maximum Gasteiger partial charge on any atom is 0.126 e. The molecule has 1 atom stereocenters. The van der Waals surface area contributed by atoms with E-state index < -0.39 is 0 Å². The average molecular weight is 179 g/mol. The Morgan fingerprint density at radius 3 is 2.92 bits per heavy atom. The summed E-state index contributed by atoms with van der Waals surface area (Å²) in [6.07, 6.45) is 2.42. The van der Waals surface area contributed by atoms with E-state index in [0.29, 0.717) is 12.0 Å². The maximum absolute atomic E-state index is 13.1. The molecule has 13 heavy (non-hydrogen) atoms. The van der Waals surface area contributed by atoms with Crippen LogP contribution >= 0.6 is 0 Å². The van der Waals surface area contributed by atoms with Crippen LogP contribution in [0.4, 0.5) is 4.39 Å². The minimum absolute atomic E-state index is 0.145. The minimum Gasteiger partial charge on any atom is -0.324 e. The molecular weight excluding hydrogens is 165 g/mol. The number of nitrogens with two attached hydrogens (primary N) is 1. The molecule has 2 heteroatoms. The van der Waals surface area contributed by atoms with Gasteiger partial charge in [0.25, 0.3) is 0 Å². The van der Waals surface area contributed by atoms with Crippen LogP contribution in [0, 0.1) is 12.7 Å². The minimum atomic E-state index is -0.197. The first-order valence-corrected chi connectivity index (χ1v) is 4.28. The van der Waals surface area contributed by atoms with Gasteiger partial charge < -0.3 is 5.73 Å². The predicted octanol–water partition coefficient (Wildman–Crippen LogP) is 2.71. The van der Waals surface area contributed by atoms with Crippen molar-refractivity contribution in [3.05, 3.63) is 47.8 Å². The number of hydrogen-bond acceptors (Lipinski definition) is 1. The lowest BCUT2D eigenvalue weighted by Gasteiger charge is -2.12. The van der Waals surface area contributed by atoms with E-state index in [1.807, 2.05) is 6.07 Å². The standard InChI is InChI=1S/C11H14FN/c1-3-5-11(13)9-6-4-7-10(12)8(9)2/h3-4,6-7,11H,1,5,13H2,2H3/t11-/m1/s1. The topological polar surface area (TPSA) is 26.0 Å². The summed E-state index contributed by atoms with van der Waals surface area (Å²) in [5.41, 5.74) is 7.33. The van der Waals surface area contributed by atoms with Gasteiger partial charge in [-0.05, 0) is 30.5 Å². The Bertz CT molecular complexity index is 307. The molecule has 2 N–H and O–H groups in total. The Morgan fingerprint density at radius 2 is 2.31 bits per heavy atom. The van der Waals surface area contributed by atoms with E-state index in [1.54, 1.807) is 19.1 Å². The van der Waals surface area contributed by atoms with E-state index in [0.717, 1.165) is 5.56 Å². The molecule has 0 saturated heterocycles. The van der Waals surface area contributed by atoms with Gasteiger partial charge in [0.1, 0.15) is 5.82 Å². The fourth-order valence-electron chi connectivity index (χ4n) is 1.33. The Balaban J connectivity index is 3.00. The third-order valence-corrected chi connectivity index (χ3v) is 2.13. The van der Waals surface area contributed by atoms with E-state index in [-0.39, 0.29) is 11.9 Å². The van der Waals surface area contributed by atoms with E-state index in [9.17, 15) is 4.39 Å². The van der Waals surface area contributed by atoms with Crippen molar-refractivity contribution in [3.8, 4) is 0 Å². The molecule has 0 aliphatic rings. The van der Waals surface area contributed by atoms with Crippen LogP contribution in [-0.4, -0.2) is 0 Å². The van der Waals surface area contributed by atoms with Crippen molar-refractivity contribution in [1.29, 1.82) is 0 Å². The molecule has 0 radical (unpaired) electrons. The quantitative estimate of drug-likeness (QED) is 0.709. The Hall–Kier alpha value is -1.15. The van der Waals surface area contributed by atoms with Gasteiger partial charge in [-0.15, -0.1) is 6.58 Å². The van der Waals surface area contributed by atoms with Crippen LogP contribution in [0.5, 0.6) is 0 Å². The zero-order valence-corrected chi connectivity index (χ0v) is 7.76. The second-order valence-electron chi connectivity index (χ2n) is 3.08. The van der Waals surface area contributed by atoms with Gasteiger partial charge in [0.05, 0.1) is 0 Å². The lowest BCUT2D eigenvalue weighted by Crippen LogP contribution is -2.11. The first-order valence-electron chi connectivity index (χ1n) is 4.28. The van der Waals surface area contributed by atoms with Crippen LogP contribution in [0.15, 0.2) is 30.9 Å². The molecular formula is C11H14FN. The average Bonchev–Trinajstić information content (AvgIpc) is 2.10. The molecule has 0 fully saturated rings. The largest absolute Gasteiger partial charge is 0.324 e. The van der Waals surface area contributed by atoms with Gasteiger partial charge in [-0.1, -0.05) is 18.2 Å². The molecule has 0 aromatic heterocycles. The van der Waals surface area contributed by atoms with Gasteiger partial charge in [-0.25, -0.2) is 4.39 Å². The summed E-state index contributed by atoms with van der Waals surface area (Å²) in [5, 5.41) is 0. The summed E-state index contributed by atoms with van der Waals surface area (Å²) >= 11 is 0. The van der Waals surface area contributed by atoms with E-state index in [1.165, 1.54) is 6.07 Å². The van der Waals surface area contributed by atoms with E-state index >= 15 is 0 Å². The molecule has 70 valence electrons. The van der Waals surface area contributed by atoms with E-state index in [4.69, 9.17) is 5.73 Å². The van der Waals surface area contributed by atoms with Gasteiger partial charge in [0.2, 0.25) is 0 Å². The molecule has 1 nitrogen and oxygen atoms in total. The van der Waals surface area contributed by atoms with Gasteiger partial charge in [0.15, 0.2) is 0 Å². The molecule has 1 rings (SSSR count). The maximum atomic E-state index is 13.1. The number of benzene rings is 1. The monoisotopic (exact) mass is 179 g/mol. The number of hydrogen-bond donors (Lipinski definition) is 1. The first-order chi connectivity index (χ1) is 6.16. The van der Waals surface area contributed by atoms with Crippen LogP contribution in [0.1, 0.15) is 23.6 Å². The van der Waals surface area contributed by atoms with Crippen molar-refractivity contribution in [3.63, 3.8) is 0 Å². The van der Waals surface area contributed by atoms with Gasteiger partial charge >= 0.3 is 0 Å². The molecule has 1 aromatic carbocycles. The van der Waals surface area contributed by atoms with Crippen molar-refractivity contribution in [2.45, 2.75) is 19.4 Å². The van der Waals surface area contributed by atoms with Crippen molar-refractivity contribution < 1.29 is 4.39 Å². The highest BCUT2D eigenvalue weighted by atomic mass is 19.1.